The van der Waals surface area contributed by atoms with Crippen molar-refractivity contribution in [2.75, 3.05) is 13.3 Å². The van der Waals surface area contributed by atoms with Gasteiger partial charge in [0, 0.05) is 5.41 Å². The lowest BCUT2D eigenvalue weighted by molar-refractivity contribution is -0.188. The zero-order valence-corrected chi connectivity index (χ0v) is 22.6. The van der Waals surface area contributed by atoms with Crippen LogP contribution in [0, 0.1) is 33.0 Å². The van der Waals surface area contributed by atoms with Gasteiger partial charge < -0.3 is 10.5 Å². The fraction of sp³-hybridized carbons (Fsp3) is 0.733. The van der Waals surface area contributed by atoms with Crippen LogP contribution in [0.3, 0.4) is 0 Å². The second-order valence-electron chi connectivity index (χ2n) is 13.3. The summed E-state index contributed by atoms with van der Waals surface area (Å²) in [4.78, 5) is 25.3. The van der Waals surface area contributed by atoms with Crippen molar-refractivity contribution in [2.45, 2.75) is 92.9 Å². The minimum absolute atomic E-state index is 0.0948. The highest BCUT2D eigenvalue weighted by atomic mass is 19.1. The number of allylic oxidation sites excluding steroid dienone is 5. The average Bonchev–Trinajstić information content (AvgIpc) is 2.81. The van der Waals surface area contributed by atoms with Crippen LogP contribution in [0.5, 0.6) is 0 Å². The van der Waals surface area contributed by atoms with Crippen LogP contribution < -0.4 is 5.73 Å². The molecule has 0 aromatic rings. The summed E-state index contributed by atoms with van der Waals surface area (Å²) in [5.41, 5.74) is 7.89. The van der Waals surface area contributed by atoms with E-state index in [1.807, 2.05) is 13.0 Å². The molecule has 1 amide bonds. The van der Waals surface area contributed by atoms with Crippen LogP contribution in [0.4, 0.5) is 4.39 Å². The van der Waals surface area contributed by atoms with Crippen LogP contribution >= 0.6 is 0 Å². The molecular formula is C30H44FNO3. The third-order valence-electron chi connectivity index (χ3n) is 11.1. The number of amides is 1. The highest BCUT2D eigenvalue weighted by Crippen LogP contribution is 2.73. The van der Waals surface area contributed by atoms with Crippen molar-refractivity contribution in [3.05, 3.63) is 35.1 Å². The summed E-state index contributed by atoms with van der Waals surface area (Å²) in [6, 6.07) is 0. The van der Waals surface area contributed by atoms with Gasteiger partial charge in [0.15, 0.2) is 5.76 Å². The van der Waals surface area contributed by atoms with Crippen molar-refractivity contribution in [3.8, 4) is 0 Å². The predicted molar refractivity (Wildman–Crippen MR) is 137 cm³/mol. The molecule has 6 atom stereocenters. The van der Waals surface area contributed by atoms with Gasteiger partial charge in [-0.05, 0) is 109 Å². The Morgan fingerprint density at radius 1 is 1.09 bits per heavy atom. The first-order chi connectivity index (χ1) is 16.3. The van der Waals surface area contributed by atoms with Gasteiger partial charge in [0.05, 0.1) is 0 Å². The SMILES string of the molecule is C/C=C1/C=C(OCCF)C(=O)C=C1[C@]1(C)CC[C@@]2(C)[C@@H]3C[C@](C)(C(N)=O)CC[C@]3(C)CC[C@]2(C)C1. The lowest BCUT2D eigenvalue weighted by Gasteiger charge is -2.68. The third kappa shape index (κ3) is 4.01. The number of fused-ring (bicyclic) bond motifs is 3. The summed E-state index contributed by atoms with van der Waals surface area (Å²) >= 11 is 0. The van der Waals surface area contributed by atoms with Crippen LogP contribution in [0.25, 0.3) is 0 Å². The van der Waals surface area contributed by atoms with Crippen molar-refractivity contribution >= 4 is 11.7 Å². The molecule has 4 aliphatic carbocycles. The molecule has 0 saturated heterocycles. The van der Waals surface area contributed by atoms with Gasteiger partial charge in [0.25, 0.3) is 0 Å². The Hall–Kier alpha value is -1.91. The predicted octanol–water partition coefficient (Wildman–Crippen LogP) is 6.61. The van der Waals surface area contributed by atoms with Gasteiger partial charge in [-0.3, -0.25) is 9.59 Å². The molecule has 0 aromatic carbocycles. The van der Waals surface area contributed by atoms with E-state index < -0.39 is 12.1 Å². The van der Waals surface area contributed by atoms with Crippen LogP contribution in [-0.2, 0) is 14.3 Å². The summed E-state index contributed by atoms with van der Waals surface area (Å²) in [5, 5.41) is 0. The summed E-state index contributed by atoms with van der Waals surface area (Å²) < 4.78 is 18.0. The van der Waals surface area contributed by atoms with Gasteiger partial charge in [-0.15, -0.1) is 0 Å². The monoisotopic (exact) mass is 485 g/mol. The normalized spacial score (nSPS) is 44.7. The van der Waals surface area contributed by atoms with Gasteiger partial charge in [-0.25, -0.2) is 4.39 Å². The van der Waals surface area contributed by atoms with Crippen molar-refractivity contribution in [1.29, 1.82) is 0 Å². The van der Waals surface area contributed by atoms with Gasteiger partial charge in [0.2, 0.25) is 11.7 Å². The lowest BCUT2D eigenvalue weighted by atomic mass is 9.36. The number of ether oxygens (including phenoxy) is 1. The molecule has 0 unspecified atom stereocenters. The van der Waals surface area contributed by atoms with E-state index >= 15 is 0 Å². The number of ketones is 1. The van der Waals surface area contributed by atoms with Gasteiger partial charge in [0.1, 0.15) is 13.3 Å². The Labute approximate surface area is 210 Å². The molecule has 0 heterocycles. The molecule has 0 radical (unpaired) electrons. The summed E-state index contributed by atoms with van der Waals surface area (Å²) in [5.74, 6) is 0.362. The standard InChI is InChI=1S/C30H44FNO3/c1-7-20-16-23(35-15-14-31)22(33)17-21(20)28(4)11-13-30(6)24-18-27(3,25(32)34)9-8-26(24,2)10-12-29(30,5)19-28/h7,16-17,24H,8-15,18-19H2,1-6H3,(H2,32,34)/b20-7-/t24-,26-,27-,28-,29-,30+/m1/s1. The van der Waals surface area contributed by atoms with Crippen LogP contribution in [0.2, 0.25) is 0 Å². The highest BCUT2D eigenvalue weighted by Gasteiger charge is 2.65. The molecule has 0 aliphatic heterocycles. The number of hydrogen-bond donors (Lipinski definition) is 1. The molecule has 3 fully saturated rings. The maximum absolute atomic E-state index is 12.9. The molecule has 4 nitrogen and oxygen atoms in total. The topological polar surface area (TPSA) is 69.4 Å². The Balaban J connectivity index is 1.66. The van der Waals surface area contributed by atoms with Gasteiger partial charge >= 0.3 is 0 Å². The van der Waals surface area contributed by atoms with E-state index in [-0.39, 0.29) is 45.7 Å². The van der Waals surface area contributed by atoms with Crippen LogP contribution in [0.1, 0.15) is 92.9 Å². The van der Waals surface area contributed by atoms with E-state index in [0.717, 1.165) is 56.1 Å². The largest absolute Gasteiger partial charge is 0.487 e. The average molecular weight is 486 g/mol. The number of hydrogen-bond acceptors (Lipinski definition) is 3. The summed E-state index contributed by atoms with van der Waals surface area (Å²) in [7, 11) is 0. The lowest BCUT2D eigenvalue weighted by Crippen LogP contribution is -2.61. The first kappa shape index (κ1) is 26.2. The van der Waals surface area contributed by atoms with Crippen LogP contribution in [0.15, 0.2) is 35.1 Å². The zero-order valence-electron chi connectivity index (χ0n) is 22.6. The van der Waals surface area contributed by atoms with E-state index in [9.17, 15) is 14.0 Å². The van der Waals surface area contributed by atoms with Crippen molar-refractivity contribution in [3.63, 3.8) is 0 Å². The van der Waals surface area contributed by atoms with E-state index in [1.165, 1.54) is 6.42 Å². The molecule has 0 aromatic heterocycles. The number of primary amides is 1. The quantitative estimate of drug-likeness (QED) is 0.476. The molecule has 194 valence electrons. The first-order valence-electron chi connectivity index (χ1n) is 13.4. The van der Waals surface area contributed by atoms with Gasteiger partial charge in [-0.2, -0.15) is 0 Å². The smallest absolute Gasteiger partial charge is 0.223 e. The van der Waals surface area contributed by atoms with E-state index in [0.29, 0.717) is 5.92 Å². The van der Waals surface area contributed by atoms with E-state index in [2.05, 4.69) is 34.6 Å². The van der Waals surface area contributed by atoms with E-state index in [4.69, 9.17) is 10.5 Å². The van der Waals surface area contributed by atoms with Crippen molar-refractivity contribution < 1.29 is 18.7 Å². The summed E-state index contributed by atoms with van der Waals surface area (Å²) in [6.07, 6.45) is 13.8. The first-order valence-corrected chi connectivity index (χ1v) is 13.4. The fourth-order valence-electron chi connectivity index (χ4n) is 8.40. The van der Waals surface area contributed by atoms with Crippen molar-refractivity contribution in [2.24, 2.45) is 38.7 Å². The maximum atomic E-state index is 12.9. The molecular weight excluding hydrogens is 441 g/mol. The number of carbonyl (C=O) groups is 2. The molecule has 3 saturated carbocycles. The molecule has 4 rings (SSSR count). The molecule has 2 N–H and O–H groups in total. The Kier molecular flexibility index (Phi) is 6.42. The maximum Gasteiger partial charge on any atom is 0.223 e. The zero-order chi connectivity index (χ0) is 25.9. The Bertz CT molecular complexity index is 1010. The minimum Gasteiger partial charge on any atom is -0.487 e. The second kappa shape index (κ2) is 8.59. The molecule has 5 heteroatoms. The number of nitrogens with two attached hydrogens (primary N) is 1. The number of halogens is 1. The van der Waals surface area contributed by atoms with Crippen LogP contribution in [-0.4, -0.2) is 25.0 Å². The fourth-order valence-corrected chi connectivity index (χ4v) is 8.40. The molecule has 0 bridgehead atoms. The minimum atomic E-state index is -0.615. The van der Waals surface area contributed by atoms with E-state index in [1.54, 1.807) is 12.2 Å². The Morgan fingerprint density at radius 3 is 2.40 bits per heavy atom. The highest BCUT2D eigenvalue weighted by molar-refractivity contribution is 6.05. The van der Waals surface area contributed by atoms with Crippen molar-refractivity contribution in [1.82, 2.24) is 0 Å². The Morgan fingerprint density at radius 2 is 1.77 bits per heavy atom. The molecule has 0 spiro atoms. The third-order valence-corrected chi connectivity index (χ3v) is 11.1. The van der Waals surface area contributed by atoms with Gasteiger partial charge in [-0.1, -0.05) is 40.7 Å². The molecule has 4 aliphatic rings. The summed E-state index contributed by atoms with van der Waals surface area (Å²) in [6.45, 7) is 13.0. The number of alkyl halides is 1. The number of rotatable bonds is 5. The second-order valence-corrected chi connectivity index (χ2v) is 13.3. The molecule has 35 heavy (non-hydrogen) atoms. The number of carbonyl (C=O) groups excluding carboxylic acids is 2.